The summed E-state index contributed by atoms with van der Waals surface area (Å²) in [5, 5.41) is 0. The Bertz CT molecular complexity index is 621. The van der Waals surface area contributed by atoms with Crippen molar-refractivity contribution in [3.05, 3.63) is 29.8 Å². The number of benzene rings is 1. The van der Waals surface area contributed by atoms with Gasteiger partial charge in [-0.3, -0.25) is 9.59 Å². The molecule has 0 aromatic heterocycles. The summed E-state index contributed by atoms with van der Waals surface area (Å²) < 4.78 is 5.93. The third-order valence-electron chi connectivity index (χ3n) is 5.30. The van der Waals surface area contributed by atoms with Gasteiger partial charge in [0.25, 0.3) is 5.91 Å². The molecule has 0 unspecified atom stereocenters. The number of carbonyl (C=O) groups is 2. The summed E-state index contributed by atoms with van der Waals surface area (Å²) in [5.41, 5.74) is 0.727. The first-order chi connectivity index (χ1) is 12.5. The minimum atomic E-state index is 0.0513. The molecule has 2 aliphatic rings. The lowest BCUT2D eigenvalue weighted by atomic mass is 9.98. The monoisotopic (exact) mass is 358 g/mol. The molecular weight excluding hydrogens is 328 g/mol. The number of nitrogens with zero attached hydrogens (tertiary/aromatic N) is 2. The van der Waals surface area contributed by atoms with Crippen molar-refractivity contribution in [2.45, 2.75) is 39.5 Å². The molecule has 0 radical (unpaired) electrons. The van der Waals surface area contributed by atoms with Crippen LogP contribution in [0.5, 0.6) is 5.75 Å². The molecule has 26 heavy (non-hydrogen) atoms. The summed E-state index contributed by atoms with van der Waals surface area (Å²) in [6.07, 6.45) is 4.33. The van der Waals surface area contributed by atoms with Crippen LogP contribution in [0.15, 0.2) is 24.3 Å². The number of amides is 2. The molecule has 2 saturated heterocycles. The highest BCUT2D eigenvalue weighted by Crippen LogP contribution is 2.21. The Labute approximate surface area is 156 Å². The number of hydrogen-bond donors (Lipinski definition) is 0. The van der Waals surface area contributed by atoms with E-state index in [0.29, 0.717) is 12.5 Å². The van der Waals surface area contributed by atoms with Crippen LogP contribution in [0.1, 0.15) is 49.9 Å². The molecule has 0 bridgehead atoms. The van der Waals surface area contributed by atoms with Crippen LogP contribution in [0, 0.1) is 11.8 Å². The van der Waals surface area contributed by atoms with Crippen LogP contribution in [0.4, 0.5) is 0 Å². The Morgan fingerprint density at radius 2 is 1.69 bits per heavy atom. The normalized spacial score (nSPS) is 20.5. The van der Waals surface area contributed by atoms with Gasteiger partial charge in [0.05, 0.1) is 6.61 Å². The Kier molecular flexibility index (Phi) is 6.17. The zero-order valence-electron chi connectivity index (χ0n) is 15.9. The maximum atomic E-state index is 12.4. The molecule has 1 atom stereocenters. The van der Waals surface area contributed by atoms with E-state index in [0.717, 1.165) is 63.2 Å². The van der Waals surface area contributed by atoms with Crippen LogP contribution in [0.3, 0.4) is 0 Å². The van der Waals surface area contributed by atoms with Crippen LogP contribution in [0.25, 0.3) is 0 Å². The molecule has 3 rings (SSSR count). The highest BCUT2D eigenvalue weighted by Gasteiger charge is 2.25. The van der Waals surface area contributed by atoms with Crippen molar-refractivity contribution in [1.29, 1.82) is 0 Å². The molecule has 2 amide bonds. The molecule has 0 spiro atoms. The first-order valence-electron chi connectivity index (χ1n) is 9.85. The summed E-state index contributed by atoms with van der Waals surface area (Å²) in [5.74, 6) is 1.56. The van der Waals surface area contributed by atoms with Gasteiger partial charge in [0, 0.05) is 43.6 Å². The van der Waals surface area contributed by atoms with Gasteiger partial charge in [-0.15, -0.1) is 0 Å². The third-order valence-corrected chi connectivity index (χ3v) is 5.30. The van der Waals surface area contributed by atoms with E-state index >= 15 is 0 Å². The van der Waals surface area contributed by atoms with Crippen LogP contribution < -0.4 is 4.74 Å². The zero-order chi connectivity index (χ0) is 18.5. The van der Waals surface area contributed by atoms with Gasteiger partial charge in [0.15, 0.2) is 0 Å². The van der Waals surface area contributed by atoms with Crippen molar-refractivity contribution >= 4 is 11.8 Å². The van der Waals surface area contributed by atoms with Crippen molar-refractivity contribution in [3.8, 4) is 5.75 Å². The number of hydrogen-bond acceptors (Lipinski definition) is 3. The summed E-state index contributed by atoms with van der Waals surface area (Å²) >= 11 is 0. The first kappa shape index (κ1) is 18.7. The fourth-order valence-corrected chi connectivity index (χ4v) is 3.78. The minimum absolute atomic E-state index is 0.0513. The molecule has 5 heteroatoms. The molecule has 0 saturated carbocycles. The van der Waals surface area contributed by atoms with E-state index in [1.54, 1.807) is 0 Å². The van der Waals surface area contributed by atoms with E-state index in [1.807, 2.05) is 47.9 Å². The Morgan fingerprint density at radius 3 is 2.35 bits per heavy atom. The molecule has 2 aliphatic heterocycles. The molecular formula is C21H30N2O3. The van der Waals surface area contributed by atoms with E-state index in [1.165, 1.54) is 0 Å². The maximum Gasteiger partial charge on any atom is 0.253 e. The van der Waals surface area contributed by atoms with Gasteiger partial charge < -0.3 is 14.5 Å². The molecule has 0 aliphatic carbocycles. The fourth-order valence-electron chi connectivity index (χ4n) is 3.78. The highest BCUT2D eigenvalue weighted by atomic mass is 16.5. The number of piperidine rings is 1. The third kappa shape index (κ3) is 4.57. The van der Waals surface area contributed by atoms with E-state index < -0.39 is 0 Å². The van der Waals surface area contributed by atoms with Crippen molar-refractivity contribution in [2.24, 2.45) is 11.8 Å². The topological polar surface area (TPSA) is 49.9 Å². The zero-order valence-corrected chi connectivity index (χ0v) is 15.9. The number of likely N-dealkylation sites (tertiary alicyclic amines) is 2. The second-order valence-electron chi connectivity index (χ2n) is 7.78. The van der Waals surface area contributed by atoms with E-state index in [2.05, 4.69) is 0 Å². The molecule has 5 nitrogen and oxygen atoms in total. The predicted molar refractivity (Wildman–Crippen MR) is 101 cm³/mol. The van der Waals surface area contributed by atoms with Gasteiger partial charge in [-0.2, -0.15) is 0 Å². The highest BCUT2D eigenvalue weighted by molar-refractivity contribution is 5.94. The van der Waals surface area contributed by atoms with Crippen molar-refractivity contribution in [2.75, 3.05) is 32.8 Å². The second kappa shape index (κ2) is 8.56. The van der Waals surface area contributed by atoms with Crippen molar-refractivity contribution in [1.82, 2.24) is 9.80 Å². The SMILES string of the molecule is CC(C)C(=O)N1CCC[C@H](COc2ccc(C(=O)N3CCCC3)cc2)C1. The summed E-state index contributed by atoms with van der Waals surface area (Å²) in [6.45, 7) is 7.89. The summed E-state index contributed by atoms with van der Waals surface area (Å²) in [6, 6.07) is 7.46. The van der Waals surface area contributed by atoms with Crippen molar-refractivity contribution in [3.63, 3.8) is 0 Å². The largest absolute Gasteiger partial charge is 0.493 e. The van der Waals surface area contributed by atoms with E-state index in [-0.39, 0.29) is 17.7 Å². The Balaban J connectivity index is 1.50. The molecule has 142 valence electrons. The summed E-state index contributed by atoms with van der Waals surface area (Å²) in [4.78, 5) is 28.4. The molecule has 1 aromatic carbocycles. The lowest BCUT2D eigenvalue weighted by Crippen LogP contribution is -2.43. The maximum absolute atomic E-state index is 12.4. The molecule has 0 N–H and O–H groups in total. The minimum Gasteiger partial charge on any atom is -0.493 e. The standard InChI is InChI=1S/C21H30N2O3/c1-16(2)20(24)23-13-5-6-17(14-23)15-26-19-9-7-18(8-10-19)21(25)22-11-3-4-12-22/h7-10,16-17H,3-6,11-15H2,1-2H3/t17-/m0/s1. The smallest absolute Gasteiger partial charge is 0.253 e. The average Bonchev–Trinajstić information content (AvgIpc) is 3.20. The number of rotatable bonds is 5. The number of ether oxygens (including phenoxy) is 1. The van der Waals surface area contributed by atoms with Gasteiger partial charge in [-0.1, -0.05) is 13.8 Å². The second-order valence-corrected chi connectivity index (χ2v) is 7.78. The van der Waals surface area contributed by atoms with E-state index in [9.17, 15) is 9.59 Å². The van der Waals surface area contributed by atoms with Gasteiger partial charge in [-0.05, 0) is 49.9 Å². The van der Waals surface area contributed by atoms with Gasteiger partial charge in [-0.25, -0.2) is 0 Å². The van der Waals surface area contributed by atoms with Crippen LogP contribution in [0.2, 0.25) is 0 Å². The molecule has 1 aromatic rings. The lowest BCUT2D eigenvalue weighted by Gasteiger charge is -2.33. The van der Waals surface area contributed by atoms with Gasteiger partial charge >= 0.3 is 0 Å². The van der Waals surface area contributed by atoms with Crippen LogP contribution in [-0.2, 0) is 4.79 Å². The average molecular weight is 358 g/mol. The summed E-state index contributed by atoms with van der Waals surface area (Å²) in [7, 11) is 0. The number of carbonyl (C=O) groups excluding carboxylic acids is 2. The van der Waals surface area contributed by atoms with Gasteiger partial charge in [0.1, 0.15) is 5.75 Å². The van der Waals surface area contributed by atoms with Gasteiger partial charge in [0.2, 0.25) is 5.91 Å². The Hall–Kier alpha value is -2.04. The quantitative estimate of drug-likeness (QED) is 0.812. The predicted octanol–water partition coefficient (Wildman–Crippen LogP) is 3.20. The van der Waals surface area contributed by atoms with E-state index in [4.69, 9.17) is 4.74 Å². The van der Waals surface area contributed by atoms with Crippen molar-refractivity contribution < 1.29 is 14.3 Å². The Morgan fingerprint density at radius 1 is 1.04 bits per heavy atom. The fraction of sp³-hybridized carbons (Fsp3) is 0.619. The first-order valence-corrected chi connectivity index (χ1v) is 9.85. The van der Waals surface area contributed by atoms with Crippen LogP contribution >= 0.6 is 0 Å². The lowest BCUT2D eigenvalue weighted by molar-refractivity contribution is -0.136. The molecule has 2 fully saturated rings. The van der Waals surface area contributed by atoms with Crippen LogP contribution in [-0.4, -0.2) is 54.4 Å². The molecule has 2 heterocycles.